The molecule has 2 aromatic rings. The number of ether oxygens (including phenoxy) is 1. The van der Waals surface area contributed by atoms with E-state index in [4.69, 9.17) is 27.9 Å². The topological polar surface area (TPSA) is 103 Å². The van der Waals surface area contributed by atoms with Gasteiger partial charge in [-0.2, -0.15) is 0 Å². The van der Waals surface area contributed by atoms with Crippen LogP contribution in [-0.2, 0) is 20.8 Å². The number of amides is 3. The van der Waals surface area contributed by atoms with Crippen molar-refractivity contribution in [3.05, 3.63) is 57.6 Å². The van der Waals surface area contributed by atoms with Crippen LogP contribution >= 0.6 is 23.2 Å². The van der Waals surface area contributed by atoms with Gasteiger partial charge >= 0.3 is 0 Å². The quantitative estimate of drug-likeness (QED) is 0.383. The van der Waals surface area contributed by atoms with Gasteiger partial charge in [0.05, 0.1) is 35.4 Å². The summed E-state index contributed by atoms with van der Waals surface area (Å²) >= 11 is 13.1. The van der Waals surface area contributed by atoms with Crippen molar-refractivity contribution in [1.29, 1.82) is 0 Å². The molecule has 2 aromatic carbocycles. The number of rotatable bonds is 8. The van der Waals surface area contributed by atoms with E-state index in [0.29, 0.717) is 49.0 Å². The van der Waals surface area contributed by atoms with Crippen LogP contribution in [0.4, 0.5) is 5.69 Å². The standard InChI is InChI=1S/C34H43Cl2N5O4/c1-3-26(37-2)32(42)39-30(20-9-5-4-6-10-20)34(44)41-18-23-16-21-15-22(35)17-25(36)31(21)40(23)19-28(41)33(43)38-27-13-14-45-29-12-8-7-11-24(27)29/h7-8,11-12,15,17,20,23,26-28,30,37H,3-6,9-10,13-14,16,18-19H2,1-2H3,(H,38,43)(H,39,42)/t23-,26-,27+,28-,30-/m0/s1. The van der Waals surface area contributed by atoms with Gasteiger partial charge in [0, 0.05) is 30.1 Å². The Bertz CT molecular complexity index is 1430. The lowest BCUT2D eigenvalue weighted by Gasteiger charge is -2.46. The number of likely N-dealkylation sites (N-methyl/N-ethyl adjacent to an activating group) is 1. The highest BCUT2D eigenvalue weighted by atomic mass is 35.5. The van der Waals surface area contributed by atoms with Crippen LogP contribution in [-0.4, -0.2) is 73.5 Å². The number of fused-ring (bicyclic) bond motifs is 4. The number of carbonyl (C=O) groups excluding carboxylic acids is 3. The van der Waals surface area contributed by atoms with E-state index in [1.54, 1.807) is 18.0 Å². The second-order valence-electron chi connectivity index (χ2n) is 12.8. The predicted molar refractivity (Wildman–Crippen MR) is 176 cm³/mol. The monoisotopic (exact) mass is 655 g/mol. The van der Waals surface area contributed by atoms with Gasteiger partial charge in [-0.15, -0.1) is 0 Å². The summed E-state index contributed by atoms with van der Waals surface area (Å²) in [4.78, 5) is 46.4. The van der Waals surface area contributed by atoms with Gasteiger partial charge in [-0.05, 0) is 62.4 Å². The molecule has 0 bridgehead atoms. The molecule has 2 fully saturated rings. The summed E-state index contributed by atoms with van der Waals surface area (Å²) < 4.78 is 5.84. The van der Waals surface area contributed by atoms with E-state index in [1.165, 1.54) is 0 Å². The Labute approximate surface area is 275 Å². The number of nitrogens with one attached hydrogen (secondary N) is 3. The molecule has 6 rings (SSSR count). The first-order valence-electron chi connectivity index (χ1n) is 16.3. The molecule has 3 amide bonds. The molecular formula is C34H43Cl2N5O4. The lowest BCUT2D eigenvalue weighted by molar-refractivity contribution is -0.146. The molecule has 4 aliphatic rings. The maximum absolute atomic E-state index is 14.7. The SMILES string of the molecule is CC[C@H](NC)C(=O)N[C@H](C(=O)N1C[C@@H]2Cc3cc(Cl)cc(Cl)c3N2C[C@H]1C(=O)N[C@@H]1CCOc2ccccc21)C1CCCCC1. The van der Waals surface area contributed by atoms with Gasteiger partial charge in [0.2, 0.25) is 17.7 Å². The second-order valence-corrected chi connectivity index (χ2v) is 13.6. The van der Waals surface area contributed by atoms with Crippen molar-refractivity contribution in [2.24, 2.45) is 5.92 Å². The Morgan fingerprint density at radius 2 is 1.82 bits per heavy atom. The molecule has 9 nitrogen and oxygen atoms in total. The van der Waals surface area contributed by atoms with Gasteiger partial charge in [0.15, 0.2) is 0 Å². The van der Waals surface area contributed by atoms with E-state index in [-0.39, 0.29) is 35.7 Å². The highest BCUT2D eigenvalue weighted by Crippen LogP contribution is 2.43. The summed E-state index contributed by atoms with van der Waals surface area (Å²) in [5.41, 5.74) is 2.82. The fraction of sp³-hybridized carbons (Fsp3) is 0.559. The summed E-state index contributed by atoms with van der Waals surface area (Å²) in [5.74, 6) is 0.184. The zero-order valence-electron chi connectivity index (χ0n) is 26.0. The summed E-state index contributed by atoms with van der Waals surface area (Å²) in [5, 5.41) is 10.6. The summed E-state index contributed by atoms with van der Waals surface area (Å²) in [6.07, 6.45) is 6.80. The third kappa shape index (κ3) is 6.49. The number of anilines is 1. The average molecular weight is 657 g/mol. The van der Waals surface area contributed by atoms with Crippen LogP contribution in [0.5, 0.6) is 5.75 Å². The van der Waals surface area contributed by atoms with Crippen LogP contribution in [0.3, 0.4) is 0 Å². The smallest absolute Gasteiger partial charge is 0.246 e. The van der Waals surface area contributed by atoms with E-state index in [1.807, 2.05) is 37.3 Å². The van der Waals surface area contributed by atoms with Crippen LogP contribution < -0.4 is 25.6 Å². The van der Waals surface area contributed by atoms with Crippen molar-refractivity contribution in [3.8, 4) is 5.75 Å². The number of nitrogens with zero attached hydrogens (tertiary/aromatic N) is 2. The van der Waals surface area contributed by atoms with Crippen molar-refractivity contribution in [2.75, 3.05) is 31.6 Å². The minimum absolute atomic E-state index is 0.0164. The molecule has 0 aromatic heterocycles. The first-order chi connectivity index (χ1) is 21.8. The fourth-order valence-corrected chi connectivity index (χ4v) is 8.36. The third-order valence-corrected chi connectivity index (χ3v) is 10.6. The van der Waals surface area contributed by atoms with E-state index >= 15 is 0 Å². The first kappa shape index (κ1) is 32.0. The third-order valence-electron chi connectivity index (χ3n) is 10.1. The number of carbonyl (C=O) groups is 3. The van der Waals surface area contributed by atoms with Gasteiger partial charge in [-0.25, -0.2) is 0 Å². The molecule has 3 heterocycles. The highest BCUT2D eigenvalue weighted by Gasteiger charge is 2.47. The minimum atomic E-state index is -0.782. The molecule has 45 heavy (non-hydrogen) atoms. The molecule has 1 saturated heterocycles. The maximum Gasteiger partial charge on any atom is 0.246 e. The van der Waals surface area contributed by atoms with Crippen LogP contribution in [0.1, 0.15) is 69.0 Å². The van der Waals surface area contributed by atoms with E-state index < -0.39 is 18.1 Å². The molecule has 3 aliphatic heterocycles. The number of hydrogen-bond donors (Lipinski definition) is 3. The number of benzene rings is 2. The molecule has 0 unspecified atom stereocenters. The van der Waals surface area contributed by atoms with Gasteiger partial charge in [0.25, 0.3) is 0 Å². The summed E-state index contributed by atoms with van der Waals surface area (Å²) in [6, 6.07) is 9.22. The highest BCUT2D eigenvalue weighted by molar-refractivity contribution is 6.36. The minimum Gasteiger partial charge on any atom is -0.493 e. The van der Waals surface area contributed by atoms with Crippen molar-refractivity contribution < 1.29 is 19.1 Å². The van der Waals surface area contributed by atoms with Crippen molar-refractivity contribution in [3.63, 3.8) is 0 Å². The predicted octanol–water partition coefficient (Wildman–Crippen LogP) is 4.64. The summed E-state index contributed by atoms with van der Waals surface area (Å²) in [7, 11) is 1.76. The molecule has 5 atom stereocenters. The van der Waals surface area contributed by atoms with Crippen LogP contribution in [0, 0.1) is 5.92 Å². The molecular weight excluding hydrogens is 613 g/mol. The average Bonchev–Trinajstić information content (AvgIpc) is 3.41. The zero-order chi connectivity index (χ0) is 31.7. The van der Waals surface area contributed by atoms with Gasteiger partial charge in [-0.1, -0.05) is 67.6 Å². The van der Waals surface area contributed by atoms with Crippen molar-refractivity contribution in [1.82, 2.24) is 20.9 Å². The second kappa shape index (κ2) is 13.8. The number of para-hydroxylation sites is 1. The lowest BCUT2D eigenvalue weighted by Crippen LogP contribution is -2.67. The number of piperazine rings is 1. The zero-order valence-corrected chi connectivity index (χ0v) is 27.5. The lowest BCUT2D eigenvalue weighted by atomic mass is 9.82. The summed E-state index contributed by atoms with van der Waals surface area (Å²) in [6.45, 7) is 3.07. The van der Waals surface area contributed by atoms with Gasteiger partial charge in [0.1, 0.15) is 17.8 Å². The van der Waals surface area contributed by atoms with Crippen LogP contribution in [0.25, 0.3) is 0 Å². The molecule has 1 saturated carbocycles. The molecule has 0 radical (unpaired) electrons. The maximum atomic E-state index is 14.7. The van der Waals surface area contributed by atoms with E-state index in [2.05, 4.69) is 20.9 Å². The molecule has 3 N–H and O–H groups in total. The van der Waals surface area contributed by atoms with E-state index in [0.717, 1.165) is 54.7 Å². The van der Waals surface area contributed by atoms with Crippen LogP contribution in [0.2, 0.25) is 10.0 Å². The van der Waals surface area contributed by atoms with Gasteiger partial charge < -0.3 is 30.5 Å². The Balaban J connectivity index is 1.32. The molecule has 0 spiro atoms. The van der Waals surface area contributed by atoms with E-state index in [9.17, 15) is 14.4 Å². The number of hydrogen-bond acceptors (Lipinski definition) is 6. The Morgan fingerprint density at radius 3 is 2.58 bits per heavy atom. The normalized spacial score (nSPS) is 24.0. The fourth-order valence-electron chi connectivity index (χ4n) is 7.72. The Kier molecular flexibility index (Phi) is 9.78. The molecule has 11 heteroatoms. The first-order valence-corrected chi connectivity index (χ1v) is 17.1. The van der Waals surface area contributed by atoms with Crippen molar-refractivity contribution >= 4 is 46.6 Å². The Morgan fingerprint density at radius 1 is 1.04 bits per heavy atom. The molecule has 242 valence electrons. The largest absolute Gasteiger partial charge is 0.493 e. The van der Waals surface area contributed by atoms with Crippen molar-refractivity contribution in [2.45, 2.75) is 88.5 Å². The molecule has 1 aliphatic carbocycles. The Hall–Kier alpha value is -3.01. The number of halogens is 2. The van der Waals surface area contributed by atoms with Gasteiger partial charge in [-0.3, -0.25) is 14.4 Å². The van der Waals surface area contributed by atoms with Crippen LogP contribution in [0.15, 0.2) is 36.4 Å².